The molecule has 1 aromatic heterocycles. The van der Waals surface area contributed by atoms with E-state index in [1.165, 1.54) is 0 Å². The molecular weight excluding hydrogens is 184 g/mol. The summed E-state index contributed by atoms with van der Waals surface area (Å²) in [6, 6.07) is 3.93. The highest BCUT2D eigenvalue weighted by molar-refractivity contribution is 7.98. The largest absolute Gasteiger partial charge is 0.392 e. The molecule has 0 saturated heterocycles. The lowest BCUT2D eigenvalue weighted by Gasteiger charge is -2.03. The van der Waals surface area contributed by atoms with Gasteiger partial charge in [-0.15, -0.1) is 11.8 Å². The summed E-state index contributed by atoms with van der Waals surface area (Å²) < 4.78 is 0. The van der Waals surface area contributed by atoms with E-state index in [4.69, 9.17) is 5.11 Å². The maximum Gasteiger partial charge on any atom is 0.0931 e. The molecule has 4 heteroatoms. The van der Waals surface area contributed by atoms with Gasteiger partial charge in [0.15, 0.2) is 0 Å². The average Bonchev–Trinajstić information content (AvgIpc) is 2.62. The number of nitrogens with zero attached hydrogens (tertiary/aromatic N) is 1. The lowest BCUT2D eigenvalue weighted by Crippen LogP contribution is -1.87. The second kappa shape index (κ2) is 3.40. The zero-order valence-corrected chi connectivity index (χ0v) is 8.06. The quantitative estimate of drug-likeness (QED) is 0.716. The Morgan fingerprint density at radius 2 is 2.38 bits per heavy atom. The molecule has 0 fully saturated rings. The van der Waals surface area contributed by atoms with Crippen LogP contribution in [0.1, 0.15) is 5.56 Å². The Balaban J connectivity index is 2.67. The van der Waals surface area contributed by atoms with Crippen molar-refractivity contribution in [3.63, 3.8) is 0 Å². The molecule has 0 aliphatic carbocycles. The number of H-pyrrole nitrogens is 1. The number of aromatic amines is 1. The Morgan fingerprint density at radius 3 is 3.08 bits per heavy atom. The molecular formula is C9H10N2OS. The molecule has 0 bridgehead atoms. The Kier molecular flexibility index (Phi) is 2.24. The molecule has 0 amide bonds. The fourth-order valence-electron chi connectivity index (χ4n) is 1.32. The third-order valence-corrected chi connectivity index (χ3v) is 2.81. The van der Waals surface area contributed by atoms with Crippen LogP contribution in [0.5, 0.6) is 0 Å². The van der Waals surface area contributed by atoms with Crippen molar-refractivity contribution in [2.45, 2.75) is 11.5 Å². The number of aliphatic hydroxyl groups is 1. The van der Waals surface area contributed by atoms with Crippen LogP contribution < -0.4 is 0 Å². The molecule has 1 heterocycles. The van der Waals surface area contributed by atoms with E-state index in [2.05, 4.69) is 9.97 Å². The SMILES string of the molecule is CSc1cc2nc[nH]c2cc1CO. The number of nitrogens with one attached hydrogen (secondary N) is 1. The number of hydrogen-bond donors (Lipinski definition) is 2. The van der Waals surface area contributed by atoms with Gasteiger partial charge in [0.2, 0.25) is 0 Å². The van der Waals surface area contributed by atoms with Gasteiger partial charge in [-0.05, 0) is 24.0 Å². The van der Waals surface area contributed by atoms with E-state index in [0.29, 0.717) is 0 Å². The minimum absolute atomic E-state index is 0.0745. The Morgan fingerprint density at radius 1 is 1.54 bits per heavy atom. The normalized spacial score (nSPS) is 10.9. The predicted molar refractivity (Wildman–Crippen MR) is 53.8 cm³/mol. The van der Waals surface area contributed by atoms with Crippen molar-refractivity contribution in [2.24, 2.45) is 0 Å². The van der Waals surface area contributed by atoms with E-state index in [-0.39, 0.29) is 6.61 Å². The number of rotatable bonds is 2. The first-order chi connectivity index (χ1) is 6.35. The molecule has 2 N–H and O–H groups in total. The van der Waals surface area contributed by atoms with Crippen LogP contribution >= 0.6 is 11.8 Å². The van der Waals surface area contributed by atoms with Gasteiger partial charge >= 0.3 is 0 Å². The zero-order valence-electron chi connectivity index (χ0n) is 7.24. The number of benzene rings is 1. The van der Waals surface area contributed by atoms with Crippen LogP contribution in [0.2, 0.25) is 0 Å². The van der Waals surface area contributed by atoms with Gasteiger partial charge in [0, 0.05) is 4.90 Å². The molecule has 0 radical (unpaired) electrons. The molecule has 0 aliphatic heterocycles. The summed E-state index contributed by atoms with van der Waals surface area (Å²) in [6.45, 7) is 0.0745. The molecule has 0 unspecified atom stereocenters. The number of fused-ring (bicyclic) bond motifs is 1. The van der Waals surface area contributed by atoms with Gasteiger partial charge in [0.05, 0.1) is 24.0 Å². The van der Waals surface area contributed by atoms with E-state index in [1.807, 2.05) is 18.4 Å². The highest BCUT2D eigenvalue weighted by Gasteiger charge is 2.04. The summed E-state index contributed by atoms with van der Waals surface area (Å²) in [5.41, 5.74) is 2.87. The molecule has 3 nitrogen and oxygen atoms in total. The van der Waals surface area contributed by atoms with Gasteiger partial charge < -0.3 is 10.1 Å². The van der Waals surface area contributed by atoms with Crippen LogP contribution in [0.4, 0.5) is 0 Å². The minimum Gasteiger partial charge on any atom is -0.392 e. The second-order valence-corrected chi connectivity index (χ2v) is 3.59. The van der Waals surface area contributed by atoms with Crippen molar-refractivity contribution in [3.05, 3.63) is 24.0 Å². The standard InChI is InChI=1S/C9H10N2OS/c1-13-9-3-8-7(10-5-11-8)2-6(9)4-12/h2-3,5,12H,4H2,1H3,(H,10,11). The van der Waals surface area contributed by atoms with Crippen molar-refractivity contribution in [3.8, 4) is 0 Å². The molecule has 2 rings (SSSR count). The van der Waals surface area contributed by atoms with Crippen molar-refractivity contribution >= 4 is 22.8 Å². The van der Waals surface area contributed by atoms with Crippen LogP contribution in [0.15, 0.2) is 23.4 Å². The lowest BCUT2D eigenvalue weighted by atomic mass is 10.2. The Bertz CT molecular complexity index is 386. The average molecular weight is 194 g/mol. The monoisotopic (exact) mass is 194 g/mol. The first-order valence-corrected chi connectivity index (χ1v) is 5.18. The van der Waals surface area contributed by atoms with E-state index >= 15 is 0 Å². The Hall–Kier alpha value is -1.00. The first-order valence-electron chi connectivity index (χ1n) is 3.96. The molecule has 1 aromatic carbocycles. The van der Waals surface area contributed by atoms with Crippen molar-refractivity contribution < 1.29 is 5.11 Å². The predicted octanol–water partition coefficient (Wildman–Crippen LogP) is 1.78. The first kappa shape index (κ1) is 8.59. The molecule has 68 valence electrons. The minimum atomic E-state index is 0.0745. The maximum absolute atomic E-state index is 9.10. The topological polar surface area (TPSA) is 48.9 Å². The highest BCUT2D eigenvalue weighted by Crippen LogP contribution is 2.24. The van der Waals surface area contributed by atoms with E-state index < -0.39 is 0 Å². The molecule has 0 saturated carbocycles. The van der Waals surface area contributed by atoms with E-state index in [1.54, 1.807) is 18.1 Å². The van der Waals surface area contributed by atoms with Crippen LogP contribution in [0, 0.1) is 0 Å². The molecule has 2 aromatic rings. The third kappa shape index (κ3) is 1.43. The molecule has 13 heavy (non-hydrogen) atoms. The molecule has 0 atom stereocenters. The summed E-state index contributed by atoms with van der Waals surface area (Å²) in [4.78, 5) is 8.25. The number of aromatic nitrogens is 2. The number of imidazole rings is 1. The molecule has 0 aliphatic rings. The van der Waals surface area contributed by atoms with Crippen LogP contribution in [-0.4, -0.2) is 21.3 Å². The fraction of sp³-hybridized carbons (Fsp3) is 0.222. The summed E-state index contributed by atoms with van der Waals surface area (Å²) >= 11 is 1.62. The van der Waals surface area contributed by atoms with Gasteiger partial charge in [-0.25, -0.2) is 4.98 Å². The molecule has 0 spiro atoms. The van der Waals surface area contributed by atoms with Crippen LogP contribution in [-0.2, 0) is 6.61 Å². The smallest absolute Gasteiger partial charge is 0.0931 e. The summed E-state index contributed by atoms with van der Waals surface area (Å²) in [6.07, 6.45) is 3.66. The van der Waals surface area contributed by atoms with Gasteiger partial charge in [-0.1, -0.05) is 0 Å². The zero-order chi connectivity index (χ0) is 9.26. The van der Waals surface area contributed by atoms with Crippen molar-refractivity contribution in [1.82, 2.24) is 9.97 Å². The number of thioether (sulfide) groups is 1. The summed E-state index contributed by atoms with van der Waals surface area (Å²) in [7, 11) is 0. The van der Waals surface area contributed by atoms with Gasteiger partial charge in [-0.3, -0.25) is 0 Å². The van der Waals surface area contributed by atoms with Gasteiger partial charge in [0.25, 0.3) is 0 Å². The Labute approximate surface area is 80.2 Å². The van der Waals surface area contributed by atoms with E-state index in [0.717, 1.165) is 21.5 Å². The van der Waals surface area contributed by atoms with Crippen LogP contribution in [0.3, 0.4) is 0 Å². The van der Waals surface area contributed by atoms with Gasteiger partial charge in [-0.2, -0.15) is 0 Å². The fourth-order valence-corrected chi connectivity index (χ4v) is 1.94. The van der Waals surface area contributed by atoms with Crippen molar-refractivity contribution in [2.75, 3.05) is 6.26 Å². The highest BCUT2D eigenvalue weighted by atomic mass is 32.2. The summed E-state index contributed by atoms with van der Waals surface area (Å²) in [5.74, 6) is 0. The summed E-state index contributed by atoms with van der Waals surface area (Å²) in [5, 5.41) is 9.10. The van der Waals surface area contributed by atoms with Gasteiger partial charge in [0.1, 0.15) is 0 Å². The lowest BCUT2D eigenvalue weighted by molar-refractivity contribution is 0.279. The maximum atomic E-state index is 9.10. The van der Waals surface area contributed by atoms with Crippen LogP contribution in [0.25, 0.3) is 11.0 Å². The van der Waals surface area contributed by atoms with E-state index in [9.17, 15) is 0 Å². The third-order valence-electron chi connectivity index (χ3n) is 1.99. The number of hydrogen-bond acceptors (Lipinski definition) is 3. The number of aliphatic hydroxyl groups excluding tert-OH is 1. The van der Waals surface area contributed by atoms with Crippen molar-refractivity contribution in [1.29, 1.82) is 0 Å². The second-order valence-electron chi connectivity index (χ2n) is 2.74.